The van der Waals surface area contributed by atoms with Gasteiger partial charge in [0, 0.05) is 40.9 Å². The van der Waals surface area contributed by atoms with Crippen molar-refractivity contribution in [3.8, 4) is 0 Å². The Morgan fingerprint density at radius 1 is 0.915 bits per heavy atom. The molecule has 5 unspecified atom stereocenters. The minimum absolute atomic E-state index is 0.102. The number of hydrogen-bond acceptors (Lipinski definition) is 3. The Hall–Kier alpha value is -1.65. The van der Waals surface area contributed by atoms with Gasteiger partial charge in [-0.1, -0.05) is 112 Å². The summed E-state index contributed by atoms with van der Waals surface area (Å²) in [5.74, 6) is 3.24. The van der Waals surface area contributed by atoms with Crippen molar-refractivity contribution in [1.29, 1.82) is 0 Å². The first kappa shape index (κ1) is 36.6. The summed E-state index contributed by atoms with van der Waals surface area (Å²) in [6.45, 7) is 37.2. The minimum atomic E-state index is 0.102. The number of nitrogens with one attached hydrogen (secondary N) is 1. The van der Waals surface area contributed by atoms with Crippen LogP contribution in [0, 0.1) is 33.0 Å². The molecule has 47 heavy (non-hydrogen) atoms. The van der Waals surface area contributed by atoms with Crippen LogP contribution in [0.1, 0.15) is 122 Å². The van der Waals surface area contributed by atoms with Crippen LogP contribution in [0.2, 0.25) is 0 Å². The zero-order valence-corrected chi connectivity index (χ0v) is 33.2. The molecule has 0 aromatic heterocycles. The van der Waals surface area contributed by atoms with Crippen LogP contribution in [-0.2, 0) is 0 Å². The first-order valence-electron chi connectivity index (χ1n) is 18.7. The molecule has 1 N–H and O–H groups in total. The average molecular weight is 655 g/mol. The van der Waals surface area contributed by atoms with Crippen LogP contribution in [0.5, 0.6) is 0 Å². The standard InChI is InChI=1S/C43H67BN2S/c1-15-18-30-31(41(9,10)21-20-40(30,7)8)19-25-45-32-27-29(39(4,5)6)28-33-35(32)44(24-16-2)38-36(46(33)26-17-3)34-37(47-38)43(13,14)23-22-42(34,11)12/h15-19,24-25,27,33-34,36-38,45H,3,20-23,26,28H2,1-2,4-14H3/b18-15+,24-16+,25-19+. The molecule has 3 aliphatic carbocycles. The molecule has 2 saturated heterocycles. The molecule has 4 heteroatoms. The molecule has 5 atom stereocenters. The fourth-order valence-corrected chi connectivity index (χ4v) is 12.3. The second-order valence-corrected chi connectivity index (χ2v) is 20.5. The van der Waals surface area contributed by atoms with Gasteiger partial charge in [-0.05, 0) is 102 Å². The smallest absolute Gasteiger partial charge is 0.215 e. The normalized spacial score (nSPS) is 33.3. The molecule has 5 aliphatic rings. The van der Waals surface area contributed by atoms with E-state index in [0.717, 1.165) is 13.0 Å². The van der Waals surface area contributed by atoms with Gasteiger partial charge in [-0.25, -0.2) is 0 Å². The van der Waals surface area contributed by atoms with E-state index in [1.54, 1.807) is 11.0 Å². The van der Waals surface area contributed by atoms with Crippen molar-refractivity contribution >= 4 is 18.5 Å². The summed E-state index contributed by atoms with van der Waals surface area (Å²) in [4.78, 5) is 2.93. The molecule has 0 aromatic rings. The van der Waals surface area contributed by atoms with E-state index in [4.69, 9.17) is 0 Å². The topological polar surface area (TPSA) is 15.3 Å². The largest absolute Gasteiger partial charge is 0.362 e. The highest BCUT2D eigenvalue weighted by Gasteiger charge is 2.64. The Morgan fingerprint density at radius 3 is 2.11 bits per heavy atom. The summed E-state index contributed by atoms with van der Waals surface area (Å²) < 4.78 is 0. The molecule has 0 amide bonds. The lowest BCUT2D eigenvalue weighted by molar-refractivity contribution is 0.00143. The van der Waals surface area contributed by atoms with Crippen LogP contribution >= 0.6 is 11.8 Å². The van der Waals surface area contributed by atoms with Crippen molar-refractivity contribution in [3.63, 3.8) is 0 Å². The zero-order chi connectivity index (χ0) is 34.7. The summed E-state index contributed by atoms with van der Waals surface area (Å²) in [6, 6.07) is 0.913. The molecule has 2 nitrogen and oxygen atoms in total. The predicted molar refractivity (Wildman–Crippen MR) is 211 cm³/mol. The maximum absolute atomic E-state index is 4.34. The third kappa shape index (κ3) is 6.65. The Kier molecular flexibility index (Phi) is 10.1. The SMILES string of the molecule is C=CCN1C2CC(C(C)(C)C)=CC(N/C=C/C3=C(/C=C/C)C(C)(C)CCC3(C)C)=C2B(/C=C/C)C2SC3C(C21)C(C)(C)CCC3(C)C. The van der Waals surface area contributed by atoms with Crippen LogP contribution < -0.4 is 5.32 Å². The number of fused-ring (bicyclic) bond motifs is 4. The molecule has 258 valence electrons. The van der Waals surface area contributed by atoms with Gasteiger partial charge in [0.15, 0.2) is 0 Å². The van der Waals surface area contributed by atoms with E-state index in [9.17, 15) is 0 Å². The molecule has 2 aliphatic heterocycles. The summed E-state index contributed by atoms with van der Waals surface area (Å²) in [6.07, 6.45) is 22.5. The van der Waals surface area contributed by atoms with Gasteiger partial charge in [-0.2, -0.15) is 11.8 Å². The molecular formula is C43H67BN2S. The summed E-state index contributed by atoms with van der Waals surface area (Å²) in [5, 5.41) is 5.20. The van der Waals surface area contributed by atoms with Crippen molar-refractivity contribution in [1.82, 2.24) is 10.2 Å². The number of nitrogens with zero attached hydrogens (tertiary/aromatic N) is 1. The quantitative estimate of drug-likeness (QED) is 0.217. The maximum Gasteiger partial charge on any atom is 0.215 e. The second kappa shape index (κ2) is 12.9. The van der Waals surface area contributed by atoms with E-state index in [2.05, 4.69) is 167 Å². The number of allylic oxidation sites excluding steroid dienone is 7. The van der Waals surface area contributed by atoms with Crippen molar-refractivity contribution in [3.05, 3.63) is 83.1 Å². The first-order chi connectivity index (χ1) is 21.8. The molecule has 0 bridgehead atoms. The summed E-state index contributed by atoms with van der Waals surface area (Å²) in [7, 11) is 0. The monoisotopic (exact) mass is 655 g/mol. The van der Waals surface area contributed by atoms with E-state index < -0.39 is 0 Å². The highest BCUT2D eigenvalue weighted by Crippen LogP contribution is 2.64. The first-order valence-corrected chi connectivity index (χ1v) is 19.7. The summed E-state index contributed by atoms with van der Waals surface area (Å²) >= 11 is 2.34. The van der Waals surface area contributed by atoms with Crippen LogP contribution in [0.4, 0.5) is 0 Å². The van der Waals surface area contributed by atoms with Crippen LogP contribution in [0.3, 0.4) is 0 Å². The van der Waals surface area contributed by atoms with E-state index in [0.29, 0.717) is 45.9 Å². The lowest BCUT2D eigenvalue weighted by atomic mass is 9.34. The van der Waals surface area contributed by atoms with Gasteiger partial charge in [0.25, 0.3) is 0 Å². The van der Waals surface area contributed by atoms with Crippen LogP contribution in [0.25, 0.3) is 0 Å². The van der Waals surface area contributed by atoms with E-state index in [1.165, 1.54) is 42.5 Å². The van der Waals surface area contributed by atoms with Gasteiger partial charge in [0.1, 0.15) is 0 Å². The highest BCUT2D eigenvalue weighted by atomic mass is 32.2. The van der Waals surface area contributed by atoms with E-state index >= 15 is 0 Å². The lowest BCUT2D eigenvalue weighted by Crippen LogP contribution is -2.64. The predicted octanol–water partition coefficient (Wildman–Crippen LogP) is 11.3. The number of thioether (sulfide) groups is 1. The maximum atomic E-state index is 4.34. The zero-order valence-electron chi connectivity index (χ0n) is 32.4. The fraction of sp³-hybridized carbons (Fsp3) is 0.674. The van der Waals surface area contributed by atoms with Crippen LogP contribution in [0.15, 0.2) is 83.1 Å². The Bertz CT molecular complexity index is 1410. The number of rotatable bonds is 7. The Balaban J connectivity index is 1.67. The van der Waals surface area contributed by atoms with Gasteiger partial charge < -0.3 is 5.32 Å². The van der Waals surface area contributed by atoms with Gasteiger partial charge in [-0.3, -0.25) is 4.90 Å². The molecule has 5 rings (SSSR count). The van der Waals surface area contributed by atoms with Crippen molar-refractivity contribution in [2.75, 3.05) is 6.54 Å². The molecule has 0 radical (unpaired) electrons. The molecule has 3 fully saturated rings. The van der Waals surface area contributed by atoms with Crippen molar-refractivity contribution in [2.24, 2.45) is 33.0 Å². The minimum Gasteiger partial charge on any atom is -0.362 e. The molecule has 0 aromatic carbocycles. The second-order valence-electron chi connectivity index (χ2n) is 19.1. The third-order valence-corrected chi connectivity index (χ3v) is 15.1. The highest BCUT2D eigenvalue weighted by molar-refractivity contribution is 8.02. The van der Waals surface area contributed by atoms with Crippen LogP contribution in [-0.4, -0.2) is 40.6 Å². The third-order valence-electron chi connectivity index (χ3n) is 13.0. The van der Waals surface area contributed by atoms with E-state index in [1.807, 2.05) is 0 Å². The Labute approximate surface area is 294 Å². The Morgan fingerprint density at radius 2 is 1.53 bits per heavy atom. The van der Waals surface area contributed by atoms with Gasteiger partial charge in [0.05, 0.1) is 0 Å². The average Bonchev–Trinajstić information content (AvgIpc) is 3.40. The van der Waals surface area contributed by atoms with Gasteiger partial charge >= 0.3 is 0 Å². The van der Waals surface area contributed by atoms with Crippen molar-refractivity contribution < 1.29 is 0 Å². The molecule has 0 spiro atoms. The van der Waals surface area contributed by atoms with Gasteiger partial charge in [-0.15, -0.1) is 12.6 Å². The van der Waals surface area contributed by atoms with Gasteiger partial charge in [0.2, 0.25) is 6.71 Å². The van der Waals surface area contributed by atoms with Crippen molar-refractivity contribution in [2.45, 2.75) is 145 Å². The molecular weight excluding hydrogens is 587 g/mol. The lowest BCUT2D eigenvalue weighted by Gasteiger charge is -2.56. The fourth-order valence-electron chi connectivity index (χ4n) is 9.90. The molecule has 2 heterocycles. The van der Waals surface area contributed by atoms with E-state index in [-0.39, 0.29) is 16.2 Å². The summed E-state index contributed by atoms with van der Waals surface area (Å²) in [5.41, 5.74) is 8.52. The number of hydrogen-bond donors (Lipinski definition) is 1. The molecule has 1 saturated carbocycles.